The van der Waals surface area contributed by atoms with E-state index in [4.69, 9.17) is 10.00 Å². The van der Waals surface area contributed by atoms with Crippen molar-refractivity contribution in [2.75, 3.05) is 19.8 Å². The molecule has 0 spiro atoms. The molecule has 2 aliphatic rings. The van der Waals surface area contributed by atoms with Gasteiger partial charge in [0.05, 0.1) is 24.8 Å². The van der Waals surface area contributed by atoms with Gasteiger partial charge in [0.1, 0.15) is 5.82 Å². The maximum atomic E-state index is 9.11. The van der Waals surface area contributed by atoms with Gasteiger partial charge in [0.2, 0.25) is 0 Å². The molecule has 0 N–H and O–H groups in total. The van der Waals surface area contributed by atoms with E-state index in [9.17, 15) is 0 Å². The third-order valence-electron chi connectivity index (χ3n) is 5.00. The molecule has 1 aliphatic heterocycles. The summed E-state index contributed by atoms with van der Waals surface area (Å²) in [5.74, 6) is 2.38. The van der Waals surface area contributed by atoms with Crippen molar-refractivity contribution in [2.24, 2.45) is 11.8 Å². The van der Waals surface area contributed by atoms with Gasteiger partial charge in [-0.3, -0.25) is 4.90 Å². The Kier molecular flexibility index (Phi) is 4.82. The first-order valence-electron chi connectivity index (χ1n) is 9.09. The molecule has 5 nitrogen and oxygen atoms in total. The second-order valence-corrected chi connectivity index (χ2v) is 7.32. The Bertz CT molecular complexity index is 759. The lowest BCUT2D eigenvalue weighted by atomic mass is 10.1. The normalized spacial score (nSPS) is 20.7. The Morgan fingerprint density at radius 1 is 1.20 bits per heavy atom. The molecule has 1 fully saturated rings. The van der Waals surface area contributed by atoms with E-state index in [1.165, 1.54) is 18.4 Å². The highest BCUT2D eigenvalue weighted by Crippen LogP contribution is 2.29. The average molecular weight is 336 g/mol. The van der Waals surface area contributed by atoms with Gasteiger partial charge in [-0.1, -0.05) is 12.1 Å². The summed E-state index contributed by atoms with van der Waals surface area (Å²) in [5.41, 5.74) is 1.90. The van der Waals surface area contributed by atoms with Crippen LogP contribution in [0.1, 0.15) is 29.8 Å². The molecule has 1 aromatic heterocycles. The molecule has 130 valence electrons. The van der Waals surface area contributed by atoms with Crippen LogP contribution >= 0.6 is 0 Å². The van der Waals surface area contributed by atoms with E-state index in [-0.39, 0.29) is 0 Å². The minimum Gasteiger partial charge on any atom is -0.381 e. The van der Waals surface area contributed by atoms with E-state index in [1.807, 2.05) is 24.4 Å². The Labute approximate surface area is 148 Å². The van der Waals surface area contributed by atoms with E-state index < -0.39 is 0 Å². The van der Waals surface area contributed by atoms with Crippen molar-refractivity contribution in [1.82, 2.24) is 14.5 Å². The predicted molar refractivity (Wildman–Crippen MR) is 94.5 cm³/mol. The molecule has 0 amide bonds. The van der Waals surface area contributed by atoms with Crippen LogP contribution in [0.25, 0.3) is 0 Å². The molecule has 0 radical (unpaired) electrons. The highest BCUT2D eigenvalue weighted by atomic mass is 16.5. The van der Waals surface area contributed by atoms with E-state index in [0.29, 0.717) is 5.92 Å². The molecule has 1 aliphatic carbocycles. The van der Waals surface area contributed by atoms with Crippen LogP contribution in [0.15, 0.2) is 36.7 Å². The van der Waals surface area contributed by atoms with Crippen LogP contribution in [0.3, 0.4) is 0 Å². The van der Waals surface area contributed by atoms with Crippen molar-refractivity contribution < 1.29 is 4.74 Å². The molecule has 0 unspecified atom stereocenters. The number of ether oxygens (including phenoxy) is 1. The number of nitrogens with zero attached hydrogens (tertiary/aromatic N) is 4. The highest BCUT2D eigenvalue weighted by Gasteiger charge is 2.25. The lowest BCUT2D eigenvalue weighted by Crippen LogP contribution is -2.30. The predicted octanol–water partition coefficient (Wildman–Crippen LogP) is 2.81. The molecule has 0 bridgehead atoms. The largest absolute Gasteiger partial charge is 0.381 e. The summed E-state index contributed by atoms with van der Waals surface area (Å²) in [7, 11) is 0. The Balaban J connectivity index is 1.44. The number of rotatable bonds is 6. The van der Waals surface area contributed by atoms with Crippen molar-refractivity contribution in [3.05, 3.63) is 53.6 Å². The molecule has 5 heteroatoms. The minimum atomic E-state index is 0.466. The number of aromatic nitrogens is 2. The maximum absolute atomic E-state index is 9.11. The Morgan fingerprint density at radius 3 is 2.92 bits per heavy atom. The molecule has 2 aromatic rings. The highest BCUT2D eigenvalue weighted by molar-refractivity contribution is 5.32. The van der Waals surface area contributed by atoms with Crippen LogP contribution in [0.2, 0.25) is 0 Å². The first-order valence-corrected chi connectivity index (χ1v) is 9.09. The van der Waals surface area contributed by atoms with Gasteiger partial charge in [-0.25, -0.2) is 4.98 Å². The van der Waals surface area contributed by atoms with Crippen molar-refractivity contribution in [3.63, 3.8) is 0 Å². The molecular formula is C20H24N4O. The summed E-state index contributed by atoms with van der Waals surface area (Å²) < 4.78 is 8.24. The van der Waals surface area contributed by atoms with Crippen LogP contribution in [-0.4, -0.2) is 34.2 Å². The van der Waals surface area contributed by atoms with Crippen molar-refractivity contribution in [2.45, 2.75) is 32.5 Å². The van der Waals surface area contributed by atoms with Gasteiger partial charge in [0.15, 0.2) is 0 Å². The second kappa shape index (κ2) is 7.38. The number of nitriles is 1. The summed E-state index contributed by atoms with van der Waals surface area (Å²) in [6.45, 7) is 5.35. The lowest BCUT2D eigenvalue weighted by Gasteiger charge is -2.24. The van der Waals surface area contributed by atoms with Gasteiger partial charge in [0, 0.05) is 44.6 Å². The molecule has 0 saturated heterocycles. The van der Waals surface area contributed by atoms with Gasteiger partial charge in [-0.15, -0.1) is 0 Å². The summed E-state index contributed by atoms with van der Waals surface area (Å²) >= 11 is 0. The van der Waals surface area contributed by atoms with Crippen molar-refractivity contribution in [1.29, 1.82) is 5.26 Å². The molecular weight excluding hydrogens is 312 g/mol. The molecule has 2 heterocycles. The summed E-state index contributed by atoms with van der Waals surface area (Å²) in [4.78, 5) is 6.95. The monoisotopic (exact) mass is 336 g/mol. The summed E-state index contributed by atoms with van der Waals surface area (Å²) in [5, 5.41) is 9.11. The van der Waals surface area contributed by atoms with Crippen LogP contribution in [0.4, 0.5) is 0 Å². The van der Waals surface area contributed by atoms with Crippen LogP contribution in [-0.2, 0) is 24.4 Å². The average Bonchev–Trinajstić information content (AvgIpc) is 3.37. The Hall–Kier alpha value is -2.16. The first kappa shape index (κ1) is 16.3. The number of imidazole rings is 1. The molecule has 1 aromatic carbocycles. The smallest absolute Gasteiger partial charge is 0.122 e. The zero-order valence-electron chi connectivity index (χ0n) is 14.5. The van der Waals surface area contributed by atoms with Gasteiger partial charge >= 0.3 is 0 Å². The lowest BCUT2D eigenvalue weighted by molar-refractivity contribution is 0.0705. The van der Waals surface area contributed by atoms with Crippen LogP contribution in [0, 0.1) is 23.2 Å². The number of benzene rings is 1. The van der Waals surface area contributed by atoms with E-state index in [2.05, 4.69) is 32.8 Å². The van der Waals surface area contributed by atoms with Crippen LogP contribution < -0.4 is 0 Å². The molecule has 1 atom stereocenters. The molecule has 1 saturated carbocycles. The fourth-order valence-corrected chi connectivity index (χ4v) is 3.53. The maximum Gasteiger partial charge on any atom is 0.122 e. The topological polar surface area (TPSA) is 54.1 Å². The van der Waals surface area contributed by atoms with E-state index >= 15 is 0 Å². The van der Waals surface area contributed by atoms with E-state index in [0.717, 1.165) is 56.7 Å². The molecule has 4 rings (SSSR count). The zero-order valence-corrected chi connectivity index (χ0v) is 14.5. The minimum absolute atomic E-state index is 0.466. The van der Waals surface area contributed by atoms with Crippen LogP contribution in [0.5, 0.6) is 0 Å². The second-order valence-electron chi connectivity index (χ2n) is 7.32. The number of hydrogen-bond acceptors (Lipinski definition) is 4. The SMILES string of the molecule is N#Cc1cccc(CN2Cc3nccn3C[C@@H](COCC3CC3)C2)c1. The third kappa shape index (κ3) is 4.28. The van der Waals surface area contributed by atoms with Crippen molar-refractivity contribution in [3.8, 4) is 6.07 Å². The van der Waals surface area contributed by atoms with Crippen molar-refractivity contribution >= 4 is 0 Å². The fraction of sp³-hybridized carbons (Fsp3) is 0.500. The summed E-state index contributed by atoms with van der Waals surface area (Å²) in [6.07, 6.45) is 6.62. The number of fused-ring (bicyclic) bond motifs is 1. The zero-order chi connectivity index (χ0) is 17.1. The number of hydrogen-bond donors (Lipinski definition) is 0. The van der Waals surface area contributed by atoms with Gasteiger partial charge in [0.25, 0.3) is 0 Å². The third-order valence-corrected chi connectivity index (χ3v) is 5.00. The molecule has 25 heavy (non-hydrogen) atoms. The van der Waals surface area contributed by atoms with Gasteiger partial charge in [-0.05, 0) is 36.5 Å². The van der Waals surface area contributed by atoms with E-state index in [1.54, 1.807) is 0 Å². The quantitative estimate of drug-likeness (QED) is 0.814. The standard InChI is InChI=1S/C20H24N4O/c21-9-17-2-1-3-18(8-17)10-23-11-19(15-25-14-16-4-5-16)12-24-7-6-22-20(24)13-23/h1-3,6-8,16,19H,4-5,10-15H2/t19-/m0/s1. The first-order chi connectivity index (χ1) is 12.3. The van der Waals surface area contributed by atoms with Gasteiger partial charge in [-0.2, -0.15) is 5.26 Å². The summed E-state index contributed by atoms with van der Waals surface area (Å²) in [6, 6.07) is 10.1. The van der Waals surface area contributed by atoms with Gasteiger partial charge < -0.3 is 9.30 Å². The Morgan fingerprint density at radius 2 is 2.08 bits per heavy atom. The fourth-order valence-electron chi connectivity index (χ4n) is 3.53.